The highest BCUT2D eigenvalue weighted by Gasteiger charge is 2.51. The largest absolute Gasteiger partial charge is 0.471 e. The molecule has 0 unspecified atom stereocenters. The van der Waals surface area contributed by atoms with Crippen molar-refractivity contribution in [2.75, 3.05) is 18.9 Å². The van der Waals surface area contributed by atoms with Crippen LogP contribution in [-0.2, 0) is 19.2 Å². The van der Waals surface area contributed by atoms with E-state index in [1.54, 1.807) is 55.6 Å². The predicted octanol–water partition coefficient (Wildman–Crippen LogP) is 4.21. The van der Waals surface area contributed by atoms with Crippen LogP contribution in [0.2, 0.25) is 0 Å². The van der Waals surface area contributed by atoms with Gasteiger partial charge in [-0.2, -0.15) is 18.4 Å². The first-order chi connectivity index (χ1) is 20.2. The van der Waals surface area contributed by atoms with E-state index < -0.39 is 53.3 Å². The number of nitrogens with zero attached hydrogens (tertiary/aromatic N) is 3. The molecule has 0 radical (unpaired) electrons. The van der Waals surface area contributed by atoms with Crippen LogP contribution < -0.4 is 10.6 Å². The van der Waals surface area contributed by atoms with Crippen molar-refractivity contribution in [1.29, 1.82) is 5.26 Å². The van der Waals surface area contributed by atoms with Gasteiger partial charge in [0.05, 0.1) is 11.5 Å². The van der Waals surface area contributed by atoms with E-state index in [1.165, 1.54) is 42.3 Å². The minimum atomic E-state index is -5.25. The number of anilines is 1. The Labute approximate surface area is 248 Å². The van der Waals surface area contributed by atoms with Crippen LogP contribution in [0.5, 0.6) is 0 Å². The summed E-state index contributed by atoms with van der Waals surface area (Å²) < 4.78 is 39.5. The molecule has 43 heavy (non-hydrogen) atoms. The summed E-state index contributed by atoms with van der Waals surface area (Å²) in [4.78, 5) is 55.3. The molecule has 1 aliphatic rings. The first kappa shape index (κ1) is 32.8. The van der Waals surface area contributed by atoms with Crippen molar-refractivity contribution in [3.05, 3.63) is 78.9 Å². The summed E-state index contributed by atoms with van der Waals surface area (Å²) in [5, 5.41) is 14.5. The van der Waals surface area contributed by atoms with Crippen LogP contribution in [0.3, 0.4) is 0 Å². The molecule has 0 aromatic heterocycles. The summed E-state index contributed by atoms with van der Waals surface area (Å²) in [5.41, 5.74) is -0.709. The van der Waals surface area contributed by atoms with Crippen LogP contribution in [-0.4, -0.2) is 65.3 Å². The van der Waals surface area contributed by atoms with Crippen molar-refractivity contribution >= 4 is 29.3 Å². The molecule has 2 aromatic rings. The van der Waals surface area contributed by atoms with Crippen LogP contribution in [0, 0.1) is 22.7 Å². The molecule has 3 rings (SSSR count). The number of likely N-dealkylation sites (tertiary alicyclic amines) is 1. The zero-order valence-electron chi connectivity index (χ0n) is 24.1. The third-order valence-corrected chi connectivity index (χ3v) is 7.40. The second-order valence-corrected chi connectivity index (χ2v) is 10.9. The number of likely N-dealkylation sites (N-methyl/N-ethyl adjacent to an activating group) is 1. The maximum Gasteiger partial charge on any atom is 0.471 e. The van der Waals surface area contributed by atoms with E-state index in [1.807, 2.05) is 0 Å². The monoisotopic (exact) mass is 597 g/mol. The minimum Gasteiger partial charge on any atom is -0.333 e. The van der Waals surface area contributed by atoms with Crippen LogP contribution in [0.15, 0.2) is 73.3 Å². The van der Waals surface area contributed by atoms with E-state index >= 15 is 0 Å². The van der Waals surface area contributed by atoms with Gasteiger partial charge in [-0.25, -0.2) is 0 Å². The summed E-state index contributed by atoms with van der Waals surface area (Å²) in [7, 11) is 1.27. The molecule has 4 amide bonds. The molecule has 2 N–H and O–H groups in total. The quantitative estimate of drug-likeness (QED) is 0.398. The molecule has 0 aliphatic carbocycles. The van der Waals surface area contributed by atoms with Gasteiger partial charge in [0, 0.05) is 25.7 Å². The van der Waals surface area contributed by atoms with E-state index in [0.717, 1.165) is 4.90 Å². The summed E-state index contributed by atoms with van der Waals surface area (Å²) in [6.07, 6.45) is -3.80. The minimum absolute atomic E-state index is 0.0439. The highest BCUT2D eigenvalue weighted by Crippen LogP contribution is 2.38. The fraction of sp³-hybridized carbons (Fsp3) is 0.387. The third-order valence-electron chi connectivity index (χ3n) is 7.40. The molecular weight excluding hydrogens is 563 g/mol. The molecule has 1 aliphatic heterocycles. The number of para-hydroxylation sites is 1. The van der Waals surface area contributed by atoms with Crippen molar-refractivity contribution in [1.82, 2.24) is 15.1 Å². The van der Waals surface area contributed by atoms with Crippen molar-refractivity contribution < 1.29 is 32.3 Å². The molecule has 228 valence electrons. The third kappa shape index (κ3) is 7.60. The molecule has 0 spiro atoms. The van der Waals surface area contributed by atoms with Gasteiger partial charge in [0.25, 0.3) is 0 Å². The Morgan fingerprint density at radius 3 is 2.21 bits per heavy atom. The fourth-order valence-electron chi connectivity index (χ4n) is 5.03. The van der Waals surface area contributed by atoms with Crippen LogP contribution >= 0.6 is 0 Å². The van der Waals surface area contributed by atoms with Gasteiger partial charge < -0.3 is 20.4 Å². The van der Waals surface area contributed by atoms with Crippen molar-refractivity contribution in [2.24, 2.45) is 11.3 Å². The Kier molecular flexibility index (Phi) is 10.3. The van der Waals surface area contributed by atoms with Gasteiger partial charge in [-0.3, -0.25) is 19.2 Å². The van der Waals surface area contributed by atoms with Gasteiger partial charge >= 0.3 is 12.1 Å². The number of halogens is 3. The zero-order valence-corrected chi connectivity index (χ0v) is 24.1. The van der Waals surface area contributed by atoms with E-state index in [2.05, 4.69) is 18.0 Å². The number of benzene rings is 2. The molecule has 1 fully saturated rings. The van der Waals surface area contributed by atoms with E-state index in [-0.39, 0.29) is 30.9 Å². The maximum absolute atomic E-state index is 14.1. The SMILES string of the molecule is C=C[C@]1(C(=O)Nc2ccccc2)C[C@@H](C#N)N(C(=O)[C@H](CC(C)C)N(C)C(=O)[C@H](NC(=O)C(F)(F)F)c2ccccc2)C1. The number of amides is 4. The lowest BCUT2D eigenvalue weighted by molar-refractivity contribution is -0.175. The lowest BCUT2D eigenvalue weighted by Gasteiger charge is -2.35. The lowest BCUT2D eigenvalue weighted by atomic mass is 9.84. The molecule has 1 heterocycles. The number of carbonyl (C=O) groups excluding carboxylic acids is 4. The van der Waals surface area contributed by atoms with Gasteiger partial charge in [0.1, 0.15) is 18.1 Å². The smallest absolute Gasteiger partial charge is 0.333 e. The Bertz CT molecular complexity index is 1380. The normalized spacial score (nSPS) is 19.6. The second kappa shape index (κ2) is 13.5. The summed E-state index contributed by atoms with van der Waals surface area (Å²) in [6, 6.07) is 14.1. The van der Waals surface area contributed by atoms with Crippen LogP contribution in [0.1, 0.15) is 38.3 Å². The van der Waals surface area contributed by atoms with E-state index in [4.69, 9.17) is 0 Å². The van der Waals surface area contributed by atoms with Gasteiger partial charge in [-0.05, 0) is 30.0 Å². The van der Waals surface area contributed by atoms with Crippen molar-refractivity contribution in [3.63, 3.8) is 0 Å². The highest BCUT2D eigenvalue weighted by molar-refractivity contribution is 5.99. The van der Waals surface area contributed by atoms with Crippen molar-refractivity contribution in [2.45, 2.75) is 51.0 Å². The number of carbonyl (C=O) groups is 4. The Balaban J connectivity index is 1.93. The Morgan fingerprint density at radius 1 is 1.12 bits per heavy atom. The summed E-state index contributed by atoms with van der Waals surface area (Å²) in [6.45, 7) is 7.19. The van der Waals surface area contributed by atoms with Gasteiger partial charge in [0.15, 0.2) is 0 Å². The molecule has 0 saturated carbocycles. The first-order valence-electron chi connectivity index (χ1n) is 13.6. The maximum atomic E-state index is 14.1. The Hall–Kier alpha value is -4.66. The molecule has 2 aromatic carbocycles. The average molecular weight is 598 g/mol. The molecular formula is C31H34F3N5O4. The van der Waals surface area contributed by atoms with Crippen molar-refractivity contribution in [3.8, 4) is 6.07 Å². The van der Waals surface area contributed by atoms with Crippen LogP contribution in [0.25, 0.3) is 0 Å². The summed E-state index contributed by atoms with van der Waals surface area (Å²) in [5.74, 6) is -4.53. The second-order valence-electron chi connectivity index (χ2n) is 10.9. The number of nitrogens with one attached hydrogen (secondary N) is 2. The topological polar surface area (TPSA) is 123 Å². The number of hydrogen-bond donors (Lipinski definition) is 2. The number of rotatable bonds is 10. The molecule has 0 bridgehead atoms. The summed E-state index contributed by atoms with van der Waals surface area (Å²) >= 11 is 0. The Morgan fingerprint density at radius 2 is 1.70 bits per heavy atom. The lowest BCUT2D eigenvalue weighted by Crippen LogP contribution is -2.54. The number of nitriles is 1. The van der Waals surface area contributed by atoms with E-state index in [0.29, 0.717) is 5.69 Å². The number of alkyl halides is 3. The fourth-order valence-corrected chi connectivity index (χ4v) is 5.03. The number of hydrogen-bond acceptors (Lipinski definition) is 5. The first-order valence-corrected chi connectivity index (χ1v) is 13.6. The van der Waals surface area contributed by atoms with Gasteiger partial charge in [-0.15, -0.1) is 6.58 Å². The molecule has 4 atom stereocenters. The molecule has 9 nitrogen and oxygen atoms in total. The van der Waals surface area contributed by atoms with E-state index in [9.17, 15) is 37.6 Å². The predicted molar refractivity (Wildman–Crippen MR) is 153 cm³/mol. The molecule has 1 saturated heterocycles. The zero-order chi connectivity index (χ0) is 31.9. The van der Waals surface area contributed by atoms with Gasteiger partial charge in [-0.1, -0.05) is 68.5 Å². The molecule has 12 heteroatoms. The highest BCUT2D eigenvalue weighted by atomic mass is 19.4. The standard InChI is InChI=1S/C31H34F3N5O4/c1-5-30(28(42)36-22-14-10-7-11-15-22)17-23(18-35)39(19-30)26(40)24(16-20(2)3)38(4)27(41)25(21-12-8-6-9-13-21)37-29(43)31(32,33)34/h5-15,20,23-25H,1,16-17,19H2,2-4H3,(H,36,42)(H,37,43)/t23-,24-,25+,30-/m0/s1. The van der Waals surface area contributed by atoms with Crippen LogP contribution in [0.4, 0.5) is 18.9 Å². The average Bonchev–Trinajstić information content (AvgIpc) is 3.38. The van der Waals surface area contributed by atoms with Gasteiger partial charge in [0.2, 0.25) is 17.7 Å².